The van der Waals surface area contributed by atoms with Gasteiger partial charge in [-0.15, -0.1) is 0 Å². The van der Waals surface area contributed by atoms with E-state index in [9.17, 15) is 4.79 Å². The van der Waals surface area contributed by atoms with Crippen molar-refractivity contribution in [2.45, 2.75) is 45.6 Å². The van der Waals surface area contributed by atoms with Crippen molar-refractivity contribution in [3.63, 3.8) is 0 Å². The van der Waals surface area contributed by atoms with Gasteiger partial charge < -0.3 is 15.0 Å². The fourth-order valence-corrected chi connectivity index (χ4v) is 2.82. The summed E-state index contributed by atoms with van der Waals surface area (Å²) in [7, 11) is 3.27. The lowest BCUT2D eigenvalue weighted by Crippen LogP contribution is -2.48. The molecule has 1 heterocycles. The number of nitrogens with one attached hydrogen (secondary N) is 1. The molecule has 0 saturated carbocycles. The first-order valence-corrected chi connectivity index (χ1v) is 7.42. The number of methoxy groups -OCH3 is 1. The minimum Gasteiger partial charge on any atom is -0.468 e. The van der Waals surface area contributed by atoms with Crippen molar-refractivity contribution >= 4 is 5.97 Å². The van der Waals surface area contributed by atoms with Crippen molar-refractivity contribution in [2.75, 3.05) is 33.8 Å². The zero-order valence-electron chi connectivity index (χ0n) is 13.2. The summed E-state index contributed by atoms with van der Waals surface area (Å²) in [5.74, 6) is 1.45. The molecule has 1 saturated heterocycles. The maximum Gasteiger partial charge on any atom is 0.325 e. The second kappa shape index (κ2) is 7.25. The molecule has 4 heteroatoms. The molecule has 112 valence electrons. The average molecular weight is 270 g/mol. The van der Waals surface area contributed by atoms with Gasteiger partial charge in [-0.25, -0.2) is 0 Å². The first-order valence-electron chi connectivity index (χ1n) is 7.42. The molecule has 0 spiro atoms. The van der Waals surface area contributed by atoms with Gasteiger partial charge in [-0.3, -0.25) is 4.79 Å². The van der Waals surface area contributed by atoms with Crippen LogP contribution in [0.2, 0.25) is 0 Å². The number of likely N-dealkylation sites (tertiary alicyclic amines) is 1. The highest BCUT2D eigenvalue weighted by atomic mass is 16.5. The van der Waals surface area contributed by atoms with Gasteiger partial charge in [-0.2, -0.15) is 0 Å². The zero-order valence-corrected chi connectivity index (χ0v) is 13.2. The average Bonchev–Trinajstić information content (AvgIpc) is 2.86. The summed E-state index contributed by atoms with van der Waals surface area (Å²) in [5.41, 5.74) is -0.550. The molecule has 0 aromatic rings. The van der Waals surface area contributed by atoms with Crippen LogP contribution in [0, 0.1) is 11.8 Å². The van der Waals surface area contributed by atoms with Gasteiger partial charge in [0.2, 0.25) is 0 Å². The van der Waals surface area contributed by atoms with Crippen LogP contribution in [0.5, 0.6) is 0 Å². The second-order valence-electron chi connectivity index (χ2n) is 6.27. The molecule has 0 bridgehead atoms. The molecule has 0 radical (unpaired) electrons. The minimum atomic E-state index is -0.550. The van der Waals surface area contributed by atoms with Gasteiger partial charge >= 0.3 is 5.97 Å². The van der Waals surface area contributed by atoms with E-state index in [0.29, 0.717) is 0 Å². The van der Waals surface area contributed by atoms with Crippen LogP contribution in [0.1, 0.15) is 40.0 Å². The van der Waals surface area contributed by atoms with Gasteiger partial charge in [0.25, 0.3) is 0 Å². The molecule has 0 aromatic heterocycles. The predicted octanol–water partition coefficient (Wildman–Crippen LogP) is 1.90. The van der Waals surface area contributed by atoms with Crippen LogP contribution in [0.3, 0.4) is 0 Å². The van der Waals surface area contributed by atoms with Gasteiger partial charge in [0, 0.05) is 6.54 Å². The normalized spacial score (nSPS) is 23.6. The lowest BCUT2D eigenvalue weighted by Gasteiger charge is -2.27. The number of nitrogens with zero attached hydrogens (tertiary/aromatic N) is 1. The van der Waals surface area contributed by atoms with Crippen LogP contribution >= 0.6 is 0 Å². The van der Waals surface area contributed by atoms with Crippen LogP contribution in [0.4, 0.5) is 0 Å². The van der Waals surface area contributed by atoms with Crippen LogP contribution in [-0.4, -0.2) is 50.2 Å². The Morgan fingerprint density at radius 2 is 2.21 bits per heavy atom. The molecule has 2 atom stereocenters. The van der Waals surface area contributed by atoms with E-state index in [1.54, 1.807) is 0 Å². The summed E-state index contributed by atoms with van der Waals surface area (Å²) in [4.78, 5) is 14.3. The molecule has 1 aliphatic heterocycles. The lowest BCUT2D eigenvalue weighted by molar-refractivity contribution is -0.148. The van der Waals surface area contributed by atoms with Crippen molar-refractivity contribution in [1.82, 2.24) is 10.2 Å². The van der Waals surface area contributed by atoms with Gasteiger partial charge in [0.05, 0.1) is 7.11 Å². The van der Waals surface area contributed by atoms with E-state index < -0.39 is 5.54 Å². The number of likely N-dealkylation sites (N-methyl/N-ethyl adjacent to an activating group) is 1. The smallest absolute Gasteiger partial charge is 0.325 e. The summed E-state index contributed by atoms with van der Waals surface area (Å²) in [6.45, 7) is 10.0. The molecule has 4 nitrogen and oxygen atoms in total. The molecule has 1 rings (SSSR count). The minimum absolute atomic E-state index is 0.170. The first-order chi connectivity index (χ1) is 8.92. The Bertz CT molecular complexity index is 294. The van der Waals surface area contributed by atoms with Crippen LogP contribution in [-0.2, 0) is 9.53 Å². The molecule has 0 amide bonds. The highest BCUT2D eigenvalue weighted by Gasteiger charge is 2.32. The number of hydrogen-bond donors (Lipinski definition) is 1. The molecule has 2 unspecified atom stereocenters. The Hall–Kier alpha value is -0.610. The number of carbonyl (C=O) groups excluding carboxylic acids is 1. The topological polar surface area (TPSA) is 41.6 Å². The molecule has 1 fully saturated rings. The Morgan fingerprint density at radius 3 is 2.68 bits per heavy atom. The van der Waals surface area contributed by atoms with Crippen LogP contribution < -0.4 is 5.32 Å². The van der Waals surface area contributed by atoms with Crippen molar-refractivity contribution in [3.05, 3.63) is 0 Å². The van der Waals surface area contributed by atoms with E-state index in [1.807, 2.05) is 14.0 Å². The van der Waals surface area contributed by atoms with E-state index in [0.717, 1.165) is 31.2 Å². The van der Waals surface area contributed by atoms with E-state index in [-0.39, 0.29) is 5.97 Å². The second-order valence-corrected chi connectivity index (χ2v) is 6.27. The molecular weight excluding hydrogens is 240 g/mol. The number of ether oxygens (including phenoxy) is 1. The molecule has 0 aromatic carbocycles. The van der Waals surface area contributed by atoms with Gasteiger partial charge in [0.1, 0.15) is 5.54 Å². The highest BCUT2D eigenvalue weighted by molar-refractivity contribution is 5.80. The van der Waals surface area contributed by atoms with Gasteiger partial charge in [-0.05, 0) is 58.2 Å². The SMILES string of the molecule is CNC(C)(CCCN1CCC(C(C)C)C1)C(=O)OC. The van der Waals surface area contributed by atoms with E-state index in [2.05, 4.69) is 24.1 Å². The summed E-state index contributed by atoms with van der Waals surface area (Å²) in [5, 5.41) is 3.09. The third-order valence-corrected chi connectivity index (χ3v) is 4.59. The number of carbonyl (C=O) groups is 1. The Labute approximate surface area is 117 Å². The molecule has 0 aliphatic carbocycles. The number of esters is 1. The fourth-order valence-electron chi connectivity index (χ4n) is 2.82. The summed E-state index contributed by atoms with van der Waals surface area (Å²) >= 11 is 0. The number of rotatable bonds is 7. The summed E-state index contributed by atoms with van der Waals surface area (Å²) in [6, 6.07) is 0. The molecule has 1 N–H and O–H groups in total. The predicted molar refractivity (Wildman–Crippen MR) is 78.1 cm³/mol. The summed E-state index contributed by atoms with van der Waals surface area (Å²) in [6.07, 6.45) is 3.16. The maximum absolute atomic E-state index is 11.7. The first kappa shape index (κ1) is 16.4. The Kier molecular flexibility index (Phi) is 6.27. The van der Waals surface area contributed by atoms with Crippen molar-refractivity contribution < 1.29 is 9.53 Å². The van der Waals surface area contributed by atoms with Gasteiger partial charge in [-0.1, -0.05) is 13.8 Å². The largest absolute Gasteiger partial charge is 0.468 e. The fraction of sp³-hybridized carbons (Fsp3) is 0.933. The van der Waals surface area contributed by atoms with Crippen molar-refractivity contribution in [3.8, 4) is 0 Å². The third kappa shape index (κ3) is 4.46. The Morgan fingerprint density at radius 1 is 1.53 bits per heavy atom. The number of hydrogen-bond acceptors (Lipinski definition) is 4. The highest BCUT2D eigenvalue weighted by Crippen LogP contribution is 2.24. The maximum atomic E-state index is 11.7. The van der Waals surface area contributed by atoms with Crippen LogP contribution in [0.25, 0.3) is 0 Å². The van der Waals surface area contributed by atoms with Gasteiger partial charge in [0.15, 0.2) is 0 Å². The zero-order chi connectivity index (χ0) is 14.5. The van der Waals surface area contributed by atoms with Crippen molar-refractivity contribution in [2.24, 2.45) is 11.8 Å². The molecule has 19 heavy (non-hydrogen) atoms. The lowest BCUT2D eigenvalue weighted by atomic mass is 9.95. The monoisotopic (exact) mass is 270 g/mol. The summed E-state index contributed by atoms with van der Waals surface area (Å²) < 4.78 is 4.86. The van der Waals surface area contributed by atoms with Crippen LogP contribution in [0.15, 0.2) is 0 Å². The standard InChI is InChI=1S/C15H30N2O2/c1-12(2)13-7-10-17(11-13)9-6-8-15(3,16-4)14(18)19-5/h12-13,16H,6-11H2,1-5H3. The van der Waals surface area contributed by atoms with E-state index >= 15 is 0 Å². The molecule has 1 aliphatic rings. The third-order valence-electron chi connectivity index (χ3n) is 4.59. The Balaban J connectivity index is 2.32. The van der Waals surface area contributed by atoms with Crippen molar-refractivity contribution in [1.29, 1.82) is 0 Å². The quantitative estimate of drug-likeness (QED) is 0.717. The molecular formula is C15H30N2O2. The van der Waals surface area contributed by atoms with E-state index in [4.69, 9.17) is 4.74 Å². The van der Waals surface area contributed by atoms with E-state index in [1.165, 1.54) is 26.6 Å².